The number of carbonyl (C=O) groups excluding carboxylic acids is 2. The van der Waals surface area contributed by atoms with Crippen LogP contribution in [0.25, 0.3) is 0 Å². The van der Waals surface area contributed by atoms with E-state index >= 15 is 0 Å². The molecule has 3 heterocycles. The van der Waals surface area contributed by atoms with Crippen molar-refractivity contribution in [3.05, 3.63) is 65.7 Å². The monoisotopic (exact) mass is 501 g/mol. The van der Waals surface area contributed by atoms with Crippen molar-refractivity contribution in [1.82, 2.24) is 4.90 Å². The summed E-state index contributed by atoms with van der Waals surface area (Å²) in [4.78, 5) is 29.2. The van der Waals surface area contributed by atoms with Gasteiger partial charge >= 0.3 is 0 Å². The lowest BCUT2D eigenvalue weighted by molar-refractivity contribution is -0.119. The highest BCUT2D eigenvalue weighted by molar-refractivity contribution is 6.00. The van der Waals surface area contributed by atoms with Crippen LogP contribution in [0.3, 0.4) is 0 Å². The third kappa shape index (κ3) is 5.85. The van der Waals surface area contributed by atoms with E-state index in [0.717, 1.165) is 43.0 Å². The molecule has 0 bridgehead atoms. The fraction of sp³-hybridized carbons (Fsp3) is 0.414. The second-order valence-corrected chi connectivity index (χ2v) is 9.31. The number of anilines is 3. The van der Waals surface area contributed by atoms with E-state index in [9.17, 15) is 14.9 Å². The number of amides is 2. The molecule has 8 nitrogen and oxygen atoms in total. The summed E-state index contributed by atoms with van der Waals surface area (Å²) in [5, 5.41) is 15.7. The topological polar surface area (TPSA) is 97.7 Å². The Morgan fingerprint density at radius 3 is 2.73 bits per heavy atom. The normalized spacial score (nSPS) is 23.1. The molecular weight excluding hydrogens is 466 g/mol. The van der Waals surface area contributed by atoms with E-state index < -0.39 is 0 Å². The highest BCUT2D eigenvalue weighted by Gasteiger charge is 2.31. The fourth-order valence-electron chi connectivity index (χ4n) is 5.18. The van der Waals surface area contributed by atoms with Gasteiger partial charge in [-0.2, -0.15) is 5.26 Å². The molecule has 2 saturated heterocycles. The first-order valence-corrected chi connectivity index (χ1v) is 13.0. The summed E-state index contributed by atoms with van der Waals surface area (Å²) in [7, 11) is 0. The molecule has 0 aromatic heterocycles. The van der Waals surface area contributed by atoms with Crippen LogP contribution in [0.5, 0.6) is 0 Å². The van der Waals surface area contributed by atoms with E-state index in [2.05, 4.69) is 39.5 Å². The van der Waals surface area contributed by atoms with Gasteiger partial charge in [-0.25, -0.2) is 0 Å². The number of para-hydroxylation sites is 1. The minimum atomic E-state index is -0.137. The van der Waals surface area contributed by atoms with Crippen molar-refractivity contribution in [3.8, 4) is 6.07 Å². The molecule has 3 aliphatic rings. The number of nitrogens with zero attached hydrogens (tertiary/aromatic N) is 3. The van der Waals surface area contributed by atoms with Crippen molar-refractivity contribution in [2.24, 2.45) is 5.92 Å². The zero-order valence-electron chi connectivity index (χ0n) is 21.7. The molecule has 3 atom stereocenters. The third-order valence-electron chi connectivity index (χ3n) is 7.01. The summed E-state index contributed by atoms with van der Waals surface area (Å²) in [6.07, 6.45) is 4.30. The number of rotatable bonds is 4. The number of hydrogen-bond donors (Lipinski definition) is 2. The van der Waals surface area contributed by atoms with E-state index in [1.807, 2.05) is 50.3 Å². The second-order valence-electron chi connectivity index (χ2n) is 9.31. The number of benzene rings is 2. The molecule has 2 unspecified atom stereocenters. The van der Waals surface area contributed by atoms with Crippen molar-refractivity contribution in [1.29, 1.82) is 5.26 Å². The van der Waals surface area contributed by atoms with Gasteiger partial charge in [-0.15, -0.1) is 0 Å². The van der Waals surface area contributed by atoms with Gasteiger partial charge in [-0.1, -0.05) is 38.1 Å². The number of piperazine rings is 1. The van der Waals surface area contributed by atoms with Crippen LogP contribution in [-0.2, 0) is 14.3 Å². The van der Waals surface area contributed by atoms with Crippen LogP contribution < -0.4 is 15.5 Å². The molecule has 2 fully saturated rings. The van der Waals surface area contributed by atoms with E-state index in [-0.39, 0.29) is 29.8 Å². The van der Waals surface area contributed by atoms with Crippen molar-refractivity contribution in [3.63, 3.8) is 0 Å². The molecule has 194 valence electrons. The lowest BCUT2D eigenvalue weighted by Crippen LogP contribution is -2.52. The summed E-state index contributed by atoms with van der Waals surface area (Å²) >= 11 is 0. The Labute approximate surface area is 218 Å². The highest BCUT2D eigenvalue weighted by Crippen LogP contribution is 2.34. The van der Waals surface area contributed by atoms with Crippen LogP contribution in [0.1, 0.15) is 44.4 Å². The summed E-state index contributed by atoms with van der Waals surface area (Å²) in [6.45, 7) is 9.52. The molecule has 2 aromatic rings. The molecule has 2 aromatic carbocycles. The van der Waals surface area contributed by atoms with Crippen molar-refractivity contribution < 1.29 is 14.3 Å². The van der Waals surface area contributed by atoms with Gasteiger partial charge in [0.2, 0.25) is 11.8 Å². The predicted octanol–water partition coefficient (Wildman–Crippen LogP) is 4.32. The minimum Gasteiger partial charge on any atom is -0.381 e. The fourth-order valence-corrected chi connectivity index (χ4v) is 5.18. The van der Waals surface area contributed by atoms with Gasteiger partial charge in [-0.3, -0.25) is 14.5 Å². The maximum Gasteiger partial charge on any atom is 0.248 e. The Bertz CT molecular complexity index is 1200. The minimum absolute atomic E-state index is 0.00217. The Morgan fingerprint density at radius 2 is 2.00 bits per heavy atom. The molecule has 37 heavy (non-hydrogen) atoms. The van der Waals surface area contributed by atoms with Gasteiger partial charge in [-0.05, 0) is 43.2 Å². The Hall–Kier alpha value is -3.67. The molecule has 5 rings (SSSR count). The van der Waals surface area contributed by atoms with E-state index in [1.165, 1.54) is 0 Å². The quantitative estimate of drug-likeness (QED) is 0.648. The van der Waals surface area contributed by atoms with Gasteiger partial charge in [0, 0.05) is 49.7 Å². The van der Waals surface area contributed by atoms with E-state index in [1.54, 1.807) is 12.1 Å². The Balaban J connectivity index is 0.00000156. The SMILES string of the molecule is CC.C[C@@H]1CN(C2C=CC(=O)Nc3ccccc32)CCN1c1ccc(NC(=O)C2CCOC2)cc1C#N. The lowest BCUT2D eigenvalue weighted by Gasteiger charge is -2.44. The van der Waals surface area contributed by atoms with Crippen LogP contribution in [0.15, 0.2) is 54.6 Å². The number of ether oxygens (including phenoxy) is 1. The van der Waals surface area contributed by atoms with Crippen LogP contribution >= 0.6 is 0 Å². The molecule has 3 aliphatic heterocycles. The molecule has 2 amide bonds. The van der Waals surface area contributed by atoms with Crippen molar-refractivity contribution >= 4 is 28.9 Å². The molecule has 2 N–H and O–H groups in total. The van der Waals surface area contributed by atoms with Gasteiger partial charge in [0.05, 0.1) is 29.8 Å². The van der Waals surface area contributed by atoms with Crippen molar-refractivity contribution in [2.75, 3.05) is 48.4 Å². The average Bonchev–Trinajstić information content (AvgIpc) is 3.41. The maximum absolute atomic E-state index is 12.5. The van der Waals surface area contributed by atoms with Crippen molar-refractivity contribution in [2.45, 2.75) is 39.3 Å². The van der Waals surface area contributed by atoms with Gasteiger partial charge in [0.25, 0.3) is 0 Å². The molecular formula is C29H35N5O3. The van der Waals surface area contributed by atoms with Gasteiger partial charge in [0.15, 0.2) is 0 Å². The highest BCUT2D eigenvalue weighted by atomic mass is 16.5. The summed E-state index contributed by atoms with van der Waals surface area (Å²) in [5.41, 5.74) is 3.97. The first-order chi connectivity index (χ1) is 18.0. The zero-order valence-corrected chi connectivity index (χ0v) is 21.7. The first-order valence-electron chi connectivity index (χ1n) is 13.0. The van der Waals surface area contributed by atoms with Crippen LogP contribution in [0.4, 0.5) is 17.1 Å². The number of fused-ring (bicyclic) bond motifs is 1. The Morgan fingerprint density at radius 1 is 1.19 bits per heavy atom. The van der Waals surface area contributed by atoms with E-state index in [4.69, 9.17) is 4.74 Å². The van der Waals surface area contributed by atoms with E-state index in [0.29, 0.717) is 24.5 Å². The maximum atomic E-state index is 12.5. The lowest BCUT2D eigenvalue weighted by atomic mass is 10.0. The molecule has 8 heteroatoms. The summed E-state index contributed by atoms with van der Waals surface area (Å²) in [5.74, 6) is -0.314. The number of nitrogens with one attached hydrogen (secondary N) is 2. The van der Waals surface area contributed by atoms with Gasteiger partial charge < -0.3 is 20.3 Å². The molecule has 0 aliphatic carbocycles. The average molecular weight is 502 g/mol. The molecule has 0 spiro atoms. The molecule has 0 saturated carbocycles. The largest absolute Gasteiger partial charge is 0.381 e. The second kappa shape index (κ2) is 12.0. The predicted molar refractivity (Wildman–Crippen MR) is 145 cm³/mol. The number of hydrogen-bond acceptors (Lipinski definition) is 6. The Kier molecular flexibility index (Phi) is 8.59. The smallest absolute Gasteiger partial charge is 0.248 e. The van der Waals surface area contributed by atoms with Crippen LogP contribution in [-0.4, -0.2) is 55.6 Å². The van der Waals surface area contributed by atoms with Crippen LogP contribution in [0, 0.1) is 17.2 Å². The summed E-state index contributed by atoms with van der Waals surface area (Å²) in [6, 6.07) is 15.9. The molecule has 0 radical (unpaired) electrons. The van der Waals surface area contributed by atoms with Crippen LogP contribution in [0.2, 0.25) is 0 Å². The number of nitriles is 1. The number of carbonyl (C=O) groups is 2. The first kappa shape index (κ1) is 26.4. The summed E-state index contributed by atoms with van der Waals surface area (Å²) < 4.78 is 5.31. The zero-order chi connectivity index (χ0) is 26.4. The third-order valence-corrected chi connectivity index (χ3v) is 7.01. The van der Waals surface area contributed by atoms with Gasteiger partial charge in [0.1, 0.15) is 6.07 Å². The standard InChI is InChI=1S/C27H29N5O3.C2H6/c1-18-16-31(25-8-9-26(33)30-23-5-3-2-4-22(23)25)11-12-32(18)24-7-6-21(14-20(24)15-28)29-27(34)19-10-13-35-17-19;1-2/h2-9,14,18-19,25H,10-13,16-17H2,1H3,(H,29,34)(H,30,33);1-2H3/t18-,19?,25?;/m1./s1.